The molecule has 7 heteroatoms. The van der Waals surface area contributed by atoms with Gasteiger partial charge in [-0.1, -0.05) is 65.3 Å². The van der Waals surface area contributed by atoms with E-state index in [1.165, 1.54) is 11.1 Å². The van der Waals surface area contributed by atoms with Crippen LogP contribution < -0.4 is 5.32 Å². The van der Waals surface area contributed by atoms with E-state index in [0.717, 1.165) is 10.9 Å². The van der Waals surface area contributed by atoms with Gasteiger partial charge in [-0.2, -0.15) is 0 Å². The minimum atomic E-state index is -0.229. The Morgan fingerprint density at radius 1 is 1.15 bits per heavy atom. The van der Waals surface area contributed by atoms with Crippen molar-refractivity contribution in [2.45, 2.75) is 24.4 Å². The summed E-state index contributed by atoms with van der Waals surface area (Å²) >= 11 is 7.66. The van der Waals surface area contributed by atoms with Crippen molar-refractivity contribution < 1.29 is 4.79 Å². The minimum Gasteiger partial charge on any atom is -0.345 e. The van der Waals surface area contributed by atoms with Crippen molar-refractivity contribution in [3.05, 3.63) is 76.1 Å². The molecule has 0 radical (unpaired) electrons. The monoisotopic (exact) mass is 386 g/mol. The van der Waals surface area contributed by atoms with Crippen LogP contribution in [0.25, 0.3) is 0 Å². The average molecular weight is 387 g/mol. The molecule has 0 aliphatic carbocycles. The number of aryl methyl sites for hydroxylation is 1. The summed E-state index contributed by atoms with van der Waals surface area (Å²) in [6, 6.07) is 15.4. The van der Waals surface area contributed by atoms with Gasteiger partial charge in [0.2, 0.25) is 0 Å². The molecule has 1 N–H and O–H groups in total. The fraction of sp³-hybridized carbons (Fsp3) is 0.211. The van der Waals surface area contributed by atoms with Crippen LogP contribution in [-0.2, 0) is 19.3 Å². The molecular weight excluding hydrogens is 368 g/mol. The number of thioether (sulfide) groups is 1. The van der Waals surface area contributed by atoms with Gasteiger partial charge in [-0.05, 0) is 24.6 Å². The summed E-state index contributed by atoms with van der Waals surface area (Å²) in [6.07, 6.45) is 0. The smallest absolute Gasteiger partial charge is 0.253 e. The molecule has 5 nitrogen and oxygen atoms in total. The summed E-state index contributed by atoms with van der Waals surface area (Å²) in [7, 11) is 1.90. The first-order chi connectivity index (χ1) is 12.5. The third-order valence-corrected chi connectivity index (χ3v) is 5.36. The standard InChI is InChI=1S/C19H19ClN4OS/c1-13-7-9-14(10-8-13)12-26-19-23-22-17(24(19)2)11-21-18(25)15-5-3-4-6-16(15)20/h3-10H,11-12H2,1-2H3,(H,21,25). The fourth-order valence-electron chi connectivity index (χ4n) is 2.36. The lowest BCUT2D eigenvalue weighted by molar-refractivity contribution is 0.0949. The van der Waals surface area contributed by atoms with Gasteiger partial charge in [-0.3, -0.25) is 4.79 Å². The van der Waals surface area contributed by atoms with E-state index in [0.29, 0.717) is 23.0 Å². The quantitative estimate of drug-likeness (QED) is 0.650. The number of hydrogen-bond donors (Lipinski definition) is 1. The Balaban J connectivity index is 1.59. The van der Waals surface area contributed by atoms with Gasteiger partial charge in [0.05, 0.1) is 17.1 Å². The number of rotatable bonds is 6. The highest BCUT2D eigenvalue weighted by Gasteiger charge is 2.13. The zero-order chi connectivity index (χ0) is 18.5. The molecule has 1 aromatic heterocycles. The lowest BCUT2D eigenvalue weighted by atomic mass is 10.2. The van der Waals surface area contributed by atoms with Crippen LogP contribution >= 0.6 is 23.4 Å². The first-order valence-electron chi connectivity index (χ1n) is 8.14. The SMILES string of the molecule is Cc1ccc(CSc2nnc(CNC(=O)c3ccccc3Cl)n2C)cc1. The molecule has 1 heterocycles. The Bertz CT molecular complexity index is 908. The van der Waals surface area contributed by atoms with E-state index in [4.69, 9.17) is 11.6 Å². The molecule has 3 aromatic rings. The molecule has 0 saturated carbocycles. The second kappa shape index (κ2) is 8.38. The molecule has 0 aliphatic heterocycles. The van der Waals surface area contributed by atoms with Gasteiger partial charge >= 0.3 is 0 Å². The second-order valence-electron chi connectivity index (χ2n) is 5.89. The summed E-state index contributed by atoms with van der Waals surface area (Å²) in [4.78, 5) is 12.2. The van der Waals surface area contributed by atoms with Crippen LogP contribution in [0.3, 0.4) is 0 Å². The summed E-state index contributed by atoms with van der Waals surface area (Å²) < 4.78 is 1.89. The zero-order valence-electron chi connectivity index (χ0n) is 14.6. The summed E-state index contributed by atoms with van der Waals surface area (Å²) in [5.74, 6) is 1.28. The van der Waals surface area contributed by atoms with Gasteiger partial charge in [0, 0.05) is 12.8 Å². The summed E-state index contributed by atoms with van der Waals surface area (Å²) in [5, 5.41) is 12.5. The van der Waals surface area contributed by atoms with E-state index in [2.05, 4.69) is 46.7 Å². The van der Waals surface area contributed by atoms with Crippen LogP contribution in [0, 0.1) is 6.92 Å². The number of hydrogen-bond acceptors (Lipinski definition) is 4. The predicted molar refractivity (Wildman–Crippen MR) is 104 cm³/mol. The molecule has 0 saturated heterocycles. The molecule has 1 amide bonds. The zero-order valence-corrected chi connectivity index (χ0v) is 16.1. The van der Waals surface area contributed by atoms with E-state index in [1.807, 2.05) is 11.6 Å². The maximum atomic E-state index is 12.2. The second-order valence-corrected chi connectivity index (χ2v) is 7.24. The first-order valence-corrected chi connectivity index (χ1v) is 9.50. The van der Waals surface area contributed by atoms with E-state index in [-0.39, 0.29) is 5.91 Å². The van der Waals surface area contributed by atoms with Crippen molar-refractivity contribution in [1.82, 2.24) is 20.1 Å². The molecule has 2 aromatic carbocycles. The van der Waals surface area contributed by atoms with Crippen LogP contribution in [0.5, 0.6) is 0 Å². The minimum absolute atomic E-state index is 0.229. The fourth-order valence-corrected chi connectivity index (χ4v) is 3.46. The van der Waals surface area contributed by atoms with E-state index in [1.54, 1.807) is 36.0 Å². The molecule has 134 valence electrons. The van der Waals surface area contributed by atoms with Gasteiger partial charge in [0.15, 0.2) is 11.0 Å². The van der Waals surface area contributed by atoms with Crippen molar-refractivity contribution in [1.29, 1.82) is 0 Å². The van der Waals surface area contributed by atoms with Crippen LogP contribution in [0.2, 0.25) is 5.02 Å². The van der Waals surface area contributed by atoms with Crippen molar-refractivity contribution >= 4 is 29.3 Å². The topological polar surface area (TPSA) is 59.8 Å². The van der Waals surface area contributed by atoms with Crippen molar-refractivity contribution in [2.24, 2.45) is 7.05 Å². The highest BCUT2D eigenvalue weighted by Crippen LogP contribution is 2.21. The van der Waals surface area contributed by atoms with Crippen LogP contribution in [0.4, 0.5) is 0 Å². The number of nitrogens with one attached hydrogen (secondary N) is 1. The van der Waals surface area contributed by atoms with Gasteiger partial charge in [-0.25, -0.2) is 0 Å². The Morgan fingerprint density at radius 3 is 2.62 bits per heavy atom. The number of carbonyl (C=O) groups is 1. The maximum absolute atomic E-state index is 12.2. The molecule has 0 atom stereocenters. The van der Waals surface area contributed by atoms with E-state index >= 15 is 0 Å². The Kier molecular flexibility index (Phi) is 5.96. The van der Waals surface area contributed by atoms with Gasteiger partial charge in [0.25, 0.3) is 5.91 Å². The van der Waals surface area contributed by atoms with Gasteiger partial charge in [0.1, 0.15) is 0 Å². The number of carbonyl (C=O) groups excluding carboxylic acids is 1. The third kappa shape index (κ3) is 4.45. The predicted octanol–water partition coefficient (Wildman–Crippen LogP) is 4.00. The molecule has 3 rings (SSSR count). The lowest BCUT2D eigenvalue weighted by Gasteiger charge is -2.07. The van der Waals surface area contributed by atoms with Crippen molar-refractivity contribution in [2.75, 3.05) is 0 Å². The number of aromatic nitrogens is 3. The Labute approximate surface area is 161 Å². The highest BCUT2D eigenvalue weighted by molar-refractivity contribution is 7.98. The number of amides is 1. The molecule has 0 fully saturated rings. The van der Waals surface area contributed by atoms with Crippen molar-refractivity contribution in [3.63, 3.8) is 0 Å². The van der Waals surface area contributed by atoms with Crippen LogP contribution in [-0.4, -0.2) is 20.7 Å². The Morgan fingerprint density at radius 2 is 1.88 bits per heavy atom. The molecule has 26 heavy (non-hydrogen) atoms. The first kappa shape index (κ1) is 18.5. The molecule has 0 spiro atoms. The average Bonchev–Trinajstić information content (AvgIpc) is 2.99. The largest absolute Gasteiger partial charge is 0.345 e. The number of benzene rings is 2. The number of halogens is 1. The molecule has 0 aliphatic rings. The summed E-state index contributed by atoms with van der Waals surface area (Å²) in [5.41, 5.74) is 2.93. The maximum Gasteiger partial charge on any atom is 0.253 e. The number of nitrogens with zero attached hydrogens (tertiary/aromatic N) is 3. The van der Waals surface area contributed by atoms with Gasteiger partial charge in [-0.15, -0.1) is 10.2 Å². The normalized spacial score (nSPS) is 10.7. The van der Waals surface area contributed by atoms with Crippen molar-refractivity contribution in [3.8, 4) is 0 Å². The van der Waals surface area contributed by atoms with E-state index < -0.39 is 0 Å². The van der Waals surface area contributed by atoms with Crippen LogP contribution in [0.1, 0.15) is 27.3 Å². The highest BCUT2D eigenvalue weighted by atomic mass is 35.5. The molecular formula is C19H19ClN4OS. The third-order valence-electron chi connectivity index (χ3n) is 3.94. The summed E-state index contributed by atoms with van der Waals surface area (Å²) in [6.45, 7) is 2.36. The molecule has 0 unspecified atom stereocenters. The Hall–Kier alpha value is -2.31. The molecule has 0 bridgehead atoms. The van der Waals surface area contributed by atoms with Crippen LogP contribution in [0.15, 0.2) is 53.7 Å². The van der Waals surface area contributed by atoms with Gasteiger partial charge < -0.3 is 9.88 Å². The lowest BCUT2D eigenvalue weighted by Crippen LogP contribution is -2.24. The van der Waals surface area contributed by atoms with E-state index in [9.17, 15) is 4.79 Å².